The summed E-state index contributed by atoms with van der Waals surface area (Å²) in [5.41, 5.74) is 1.02. The number of fused-ring (bicyclic) bond motifs is 1. The molecule has 2 aliphatic heterocycles. The van der Waals surface area contributed by atoms with Gasteiger partial charge in [0, 0.05) is 35.8 Å². The molecule has 1 spiro atoms. The van der Waals surface area contributed by atoms with Crippen LogP contribution in [0, 0.1) is 5.41 Å². The second kappa shape index (κ2) is 10.2. The zero-order chi connectivity index (χ0) is 23.4. The lowest BCUT2D eigenvalue weighted by Crippen LogP contribution is -2.45. The van der Waals surface area contributed by atoms with Crippen LogP contribution in [0.4, 0.5) is 0 Å². The summed E-state index contributed by atoms with van der Waals surface area (Å²) in [5, 5.41) is 21.8. The molecule has 3 N–H and O–H groups in total. The lowest BCUT2D eigenvalue weighted by Gasteiger charge is -2.39. The summed E-state index contributed by atoms with van der Waals surface area (Å²) >= 11 is 0. The predicted octanol–water partition coefficient (Wildman–Crippen LogP) is 2.16. The number of ether oxygens (including phenoxy) is 1. The van der Waals surface area contributed by atoms with Crippen molar-refractivity contribution in [2.75, 3.05) is 39.8 Å². The molecule has 0 bridgehead atoms. The van der Waals surface area contributed by atoms with Gasteiger partial charge < -0.3 is 29.7 Å². The van der Waals surface area contributed by atoms with Gasteiger partial charge in [-0.2, -0.15) is 0 Å². The number of nitrogens with zero attached hydrogens (tertiary/aromatic N) is 2. The topological polar surface area (TPSA) is 106 Å². The van der Waals surface area contributed by atoms with Crippen LogP contribution in [-0.4, -0.2) is 88.9 Å². The number of aromatic nitrogens is 1. The summed E-state index contributed by atoms with van der Waals surface area (Å²) in [6, 6.07) is 7.52. The molecule has 0 aliphatic carbocycles. The van der Waals surface area contributed by atoms with Crippen molar-refractivity contribution in [2.24, 2.45) is 5.41 Å². The fourth-order valence-electron chi connectivity index (χ4n) is 4.96. The number of likely N-dealkylation sites (tertiary alicyclic amines) is 1. The van der Waals surface area contributed by atoms with Crippen LogP contribution in [-0.2, 0) is 9.53 Å². The normalized spacial score (nSPS) is 25.8. The van der Waals surface area contributed by atoms with Gasteiger partial charge in [0.15, 0.2) is 0 Å². The third kappa shape index (κ3) is 5.39. The molecule has 0 radical (unpaired) electrons. The molecular formula is C25H35N3O5. The molecule has 2 aromatic rings. The van der Waals surface area contributed by atoms with E-state index in [4.69, 9.17) is 4.74 Å². The Morgan fingerprint density at radius 3 is 2.64 bits per heavy atom. The quantitative estimate of drug-likeness (QED) is 0.567. The maximum atomic E-state index is 13.3. The number of nitrogens with one attached hydrogen (secondary N) is 1. The van der Waals surface area contributed by atoms with E-state index >= 15 is 0 Å². The maximum absolute atomic E-state index is 13.3. The van der Waals surface area contributed by atoms with Crippen LogP contribution in [0.15, 0.2) is 30.5 Å². The third-order valence-electron chi connectivity index (χ3n) is 7.32. The maximum Gasteiger partial charge on any atom is 0.312 e. The first-order chi connectivity index (χ1) is 15.9. The number of carbonyl (C=O) groups excluding carboxylic acids is 2. The average molecular weight is 458 g/mol. The summed E-state index contributed by atoms with van der Waals surface area (Å²) in [5.74, 6) is -0.357. The number of hydrogen-bond acceptors (Lipinski definition) is 6. The molecule has 8 nitrogen and oxygen atoms in total. The Bertz CT molecular complexity index is 966. The molecule has 33 heavy (non-hydrogen) atoms. The highest BCUT2D eigenvalue weighted by molar-refractivity contribution is 5.98. The van der Waals surface area contributed by atoms with Gasteiger partial charge in [-0.3, -0.25) is 9.59 Å². The van der Waals surface area contributed by atoms with Gasteiger partial charge in [0.2, 0.25) is 0 Å². The first kappa shape index (κ1) is 23.7. The lowest BCUT2D eigenvalue weighted by atomic mass is 9.74. The Morgan fingerprint density at radius 2 is 1.85 bits per heavy atom. The zero-order valence-corrected chi connectivity index (χ0v) is 19.3. The lowest BCUT2D eigenvalue weighted by molar-refractivity contribution is -0.164. The van der Waals surface area contributed by atoms with E-state index < -0.39 is 17.6 Å². The Kier molecular flexibility index (Phi) is 7.36. The fraction of sp³-hybridized carbons (Fsp3) is 0.600. The molecule has 0 unspecified atom stereocenters. The molecule has 8 heteroatoms. The van der Waals surface area contributed by atoms with Crippen LogP contribution in [0.3, 0.4) is 0 Å². The number of H-pyrrole nitrogens is 1. The van der Waals surface area contributed by atoms with E-state index in [1.165, 1.54) is 0 Å². The Balaban J connectivity index is 1.50. The summed E-state index contributed by atoms with van der Waals surface area (Å²) < 4.78 is 5.49. The van der Waals surface area contributed by atoms with Crippen LogP contribution < -0.4 is 0 Å². The van der Waals surface area contributed by atoms with Gasteiger partial charge in [0.05, 0.1) is 11.5 Å². The molecule has 2 fully saturated rings. The monoisotopic (exact) mass is 457 g/mol. The largest absolute Gasteiger partial charge is 0.462 e. The molecule has 180 valence electrons. The average Bonchev–Trinajstić information content (AvgIpc) is 3.30. The minimum atomic E-state index is -1.17. The van der Waals surface area contributed by atoms with E-state index in [0.717, 1.165) is 49.7 Å². The smallest absolute Gasteiger partial charge is 0.312 e. The van der Waals surface area contributed by atoms with Gasteiger partial charge in [-0.25, -0.2) is 0 Å². The number of aliphatic hydroxyl groups is 2. The van der Waals surface area contributed by atoms with Crippen molar-refractivity contribution in [3.63, 3.8) is 0 Å². The number of piperidine rings is 1. The number of esters is 1. The summed E-state index contributed by atoms with van der Waals surface area (Å²) in [6.45, 7) is 2.29. The Hall–Kier alpha value is -2.42. The number of rotatable bonds is 1. The van der Waals surface area contributed by atoms with Crippen molar-refractivity contribution in [2.45, 2.75) is 50.7 Å². The van der Waals surface area contributed by atoms with Crippen molar-refractivity contribution < 1.29 is 24.5 Å². The molecular weight excluding hydrogens is 422 g/mol. The van der Waals surface area contributed by atoms with E-state index in [1.54, 1.807) is 4.90 Å². The van der Waals surface area contributed by atoms with Crippen molar-refractivity contribution in [3.05, 3.63) is 36.0 Å². The van der Waals surface area contributed by atoms with Gasteiger partial charge >= 0.3 is 5.97 Å². The molecule has 2 aliphatic rings. The molecule has 0 saturated carbocycles. The number of aliphatic hydroxyl groups excluding tert-OH is 2. The minimum absolute atomic E-state index is 0.0870. The summed E-state index contributed by atoms with van der Waals surface area (Å²) in [6.07, 6.45) is 3.54. The molecule has 1 aromatic carbocycles. The number of benzene rings is 1. The molecule has 1 aromatic heterocycles. The fourth-order valence-corrected chi connectivity index (χ4v) is 4.96. The first-order valence-electron chi connectivity index (χ1n) is 12.0. The summed E-state index contributed by atoms with van der Waals surface area (Å²) in [7, 11) is 2.05. The number of aromatic amines is 1. The van der Waals surface area contributed by atoms with Crippen molar-refractivity contribution in [3.8, 4) is 0 Å². The van der Waals surface area contributed by atoms with Crippen molar-refractivity contribution >= 4 is 22.8 Å². The second-order valence-corrected chi connectivity index (χ2v) is 9.63. The molecule has 3 heterocycles. The van der Waals surface area contributed by atoms with E-state index in [2.05, 4.69) is 9.88 Å². The van der Waals surface area contributed by atoms with Gasteiger partial charge in [-0.1, -0.05) is 6.42 Å². The van der Waals surface area contributed by atoms with Crippen molar-refractivity contribution in [1.82, 2.24) is 14.8 Å². The van der Waals surface area contributed by atoms with Crippen LogP contribution in [0.25, 0.3) is 10.9 Å². The van der Waals surface area contributed by atoms with E-state index in [1.807, 2.05) is 37.5 Å². The van der Waals surface area contributed by atoms with Gasteiger partial charge in [0.25, 0.3) is 5.91 Å². The SMILES string of the molecule is CN1CCC2(CCCCN(C(=O)c3ccc4[nH]ccc4c3)CC[C@H](O)[C@H](O)COC2=O)CC1. The zero-order valence-electron chi connectivity index (χ0n) is 19.3. The van der Waals surface area contributed by atoms with E-state index in [9.17, 15) is 19.8 Å². The van der Waals surface area contributed by atoms with Gasteiger partial charge in [0.1, 0.15) is 12.7 Å². The van der Waals surface area contributed by atoms with Crippen LogP contribution in [0.5, 0.6) is 0 Å². The van der Waals surface area contributed by atoms with E-state index in [0.29, 0.717) is 25.1 Å². The van der Waals surface area contributed by atoms with Gasteiger partial charge in [-0.05, 0) is 76.5 Å². The van der Waals surface area contributed by atoms with Crippen LogP contribution in [0.1, 0.15) is 48.9 Å². The standard InChI is InChI=1S/C25H35N3O5/c1-27-14-9-25(10-15-27)8-2-3-12-28(13-7-21(29)22(30)17-33-24(25)32)23(31)19-4-5-20-18(16-19)6-11-26-20/h4-6,11,16,21-22,26,29-30H,2-3,7-10,12-15,17H2,1H3/t21-,22+/m0/s1. The minimum Gasteiger partial charge on any atom is -0.462 e. The number of carbonyl (C=O) groups is 2. The number of cyclic esters (lactones) is 1. The first-order valence-corrected chi connectivity index (χ1v) is 12.0. The van der Waals surface area contributed by atoms with E-state index in [-0.39, 0.29) is 24.9 Å². The summed E-state index contributed by atoms with van der Waals surface area (Å²) in [4.78, 5) is 33.4. The molecule has 4 rings (SSSR count). The van der Waals surface area contributed by atoms with Gasteiger partial charge in [-0.15, -0.1) is 0 Å². The van der Waals surface area contributed by atoms with Crippen LogP contribution >= 0.6 is 0 Å². The Morgan fingerprint density at radius 1 is 1.06 bits per heavy atom. The molecule has 2 atom stereocenters. The molecule has 2 saturated heterocycles. The number of hydrogen-bond donors (Lipinski definition) is 3. The highest BCUT2D eigenvalue weighted by Gasteiger charge is 2.42. The highest BCUT2D eigenvalue weighted by Crippen LogP contribution is 2.38. The number of amides is 1. The Labute approximate surface area is 194 Å². The predicted molar refractivity (Wildman–Crippen MR) is 125 cm³/mol. The molecule has 1 amide bonds. The van der Waals surface area contributed by atoms with Crippen molar-refractivity contribution in [1.29, 1.82) is 0 Å². The second-order valence-electron chi connectivity index (χ2n) is 9.63. The highest BCUT2D eigenvalue weighted by atomic mass is 16.5. The van der Waals surface area contributed by atoms with Crippen LogP contribution in [0.2, 0.25) is 0 Å². The third-order valence-corrected chi connectivity index (χ3v) is 7.32.